The van der Waals surface area contributed by atoms with E-state index in [1.807, 2.05) is 19.9 Å². The van der Waals surface area contributed by atoms with Crippen LogP contribution in [0.5, 0.6) is 5.75 Å². The summed E-state index contributed by atoms with van der Waals surface area (Å²) in [5.74, 6) is -0.443. The molecule has 0 amide bonds. The van der Waals surface area contributed by atoms with Gasteiger partial charge in [0.25, 0.3) is 0 Å². The maximum atomic E-state index is 13.9. The fourth-order valence-electron chi connectivity index (χ4n) is 1.90. The number of ether oxygens (including phenoxy) is 1. The average Bonchev–Trinajstić information content (AvgIpc) is 2.46. The van der Waals surface area contributed by atoms with Gasteiger partial charge in [-0.2, -0.15) is 0 Å². The van der Waals surface area contributed by atoms with Crippen molar-refractivity contribution in [3.8, 4) is 5.75 Å². The minimum atomic E-state index is -0.389. The van der Waals surface area contributed by atoms with E-state index in [-0.39, 0.29) is 24.0 Å². The maximum absolute atomic E-state index is 13.9. The number of hydrogen-bond donors (Lipinski definition) is 1. The third kappa shape index (κ3) is 4.53. The Kier molecular flexibility index (Phi) is 5.28. The zero-order chi connectivity index (χ0) is 15.2. The van der Waals surface area contributed by atoms with Gasteiger partial charge in [0.15, 0.2) is 11.6 Å². The Balaban J connectivity index is 2.09. The second-order valence-electron chi connectivity index (χ2n) is 5.18. The molecule has 4 heteroatoms. The van der Waals surface area contributed by atoms with E-state index in [1.165, 1.54) is 18.2 Å². The molecule has 0 fully saturated rings. The minimum Gasteiger partial charge on any atom is -0.485 e. The Labute approximate surface area is 123 Å². The van der Waals surface area contributed by atoms with Gasteiger partial charge < -0.3 is 10.1 Å². The predicted molar refractivity (Wildman–Crippen MR) is 79.1 cm³/mol. The third-order valence-corrected chi connectivity index (χ3v) is 3.05. The van der Waals surface area contributed by atoms with E-state index in [1.54, 1.807) is 18.2 Å². The summed E-state index contributed by atoms with van der Waals surface area (Å²) in [6.45, 7) is 4.79. The van der Waals surface area contributed by atoms with Crippen LogP contribution in [-0.2, 0) is 13.2 Å². The molecule has 0 aliphatic heterocycles. The standard InChI is InChI=1S/C17H19F2NO/c1-12(2)20-10-14-4-3-5-16(19)17(14)21-11-13-6-8-15(18)9-7-13/h3-9,12,20H,10-11H2,1-2H3. The molecule has 0 aromatic heterocycles. The Morgan fingerprint density at radius 1 is 1.05 bits per heavy atom. The lowest BCUT2D eigenvalue weighted by Gasteiger charge is -2.14. The van der Waals surface area contributed by atoms with Gasteiger partial charge in [-0.25, -0.2) is 8.78 Å². The van der Waals surface area contributed by atoms with Crippen LogP contribution in [0.3, 0.4) is 0 Å². The zero-order valence-corrected chi connectivity index (χ0v) is 12.2. The normalized spacial score (nSPS) is 10.9. The van der Waals surface area contributed by atoms with Crippen LogP contribution in [0.1, 0.15) is 25.0 Å². The third-order valence-electron chi connectivity index (χ3n) is 3.05. The van der Waals surface area contributed by atoms with E-state index in [9.17, 15) is 8.78 Å². The van der Waals surface area contributed by atoms with Crippen LogP contribution in [0.25, 0.3) is 0 Å². The highest BCUT2D eigenvalue weighted by Gasteiger charge is 2.10. The van der Waals surface area contributed by atoms with Gasteiger partial charge in [-0.1, -0.05) is 38.1 Å². The molecule has 2 aromatic carbocycles. The Bertz CT molecular complexity index is 582. The van der Waals surface area contributed by atoms with Gasteiger partial charge in [0.2, 0.25) is 0 Å². The molecule has 0 saturated carbocycles. The molecule has 0 aliphatic rings. The highest BCUT2D eigenvalue weighted by molar-refractivity contribution is 5.35. The molecular formula is C17H19F2NO. The minimum absolute atomic E-state index is 0.204. The number of rotatable bonds is 6. The first kappa shape index (κ1) is 15.4. The van der Waals surface area contributed by atoms with Crippen molar-refractivity contribution in [1.29, 1.82) is 0 Å². The first-order valence-electron chi connectivity index (χ1n) is 6.94. The molecule has 21 heavy (non-hydrogen) atoms. The zero-order valence-electron chi connectivity index (χ0n) is 12.2. The Morgan fingerprint density at radius 3 is 2.43 bits per heavy atom. The summed E-state index contributed by atoms with van der Waals surface area (Å²) >= 11 is 0. The van der Waals surface area contributed by atoms with E-state index in [0.29, 0.717) is 12.6 Å². The van der Waals surface area contributed by atoms with Crippen LogP contribution >= 0.6 is 0 Å². The Hall–Kier alpha value is -1.94. The monoisotopic (exact) mass is 291 g/mol. The van der Waals surface area contributed by atoms with Crippen molar-refractivity contribution < 1.29 is 13.5 Å². The SMILES string of the molecule is CC(C)NCc1cccc(F)c1OCc1ccc(F)cc1. The second-order valence-corrected chi connectivity index (χ2v) is 5.18. The van der Waals surface area contributed by atoms with E-state index in [4.69, 9.17) is 4.74 Å². The summed E-state index contributed by atoms with van der Waals surface area (Å²) < 4.78 is 32.4. The molecule has 2 nitrogen and oxygen atoms in total. The van der Waals surface area contributed by atoms with Crippen molar-refractivity contribution in [2.24, 2.45) is 0 Å². The molecular weight excluding hydrogens is 272 g/mol. The summed E-state index contributed by atoms with van der Waals surface area (Å²) in [4.78, 5) is 0. The lowest BCUT2D eigenvalue weighted by Crippen LogP contribution is -2.22. The van der Waals surface area contributed by atoms with Gasteiger partial charge in [-0.3, -0.25) is 0 Å². The molecule has 0 radical (unpaired) electrons. The van der Waals surface area contributed by atoms with Gasteiger partial charge in [0, 0.05) is 18.2 Å². The summed E-state index contributed by atoms with van der Waals surface area (Å²) in [7, 11) is 0. The van der Waals surface area contributed by atoms with Crippen molar-refractivity contribution in [3.63, 3.8) is 0 Å². The largest absolute Gasteiger partial charge is 0.485 e. The molecule has 0 spiro atoms. The fraction of sp³-hybridized carbons (Fsp3) is 0.294. The molecule has 0 aliphatic carbocycles. The average molecular weight is 291 g/mol. The lowest BCUT2D eigenvalue weighted by atomic mass is 10.1. The molecule has 2 aromatic rings. The molecule has 0 saturated heterocycles. The molecule has 0 unspecified atom stereocenters. The van der Waals surface area contributed by atoms with Gasteiger partial charge in [0.1, 0.15) is 12.4 Å². The molecule has 1 N–H and O–H groups in total. The molecule has 2 rings (SSSR count). The number of halogens is 2. The van der Waals surface area contributed by atoms with Crippen LogP contribution in [0.2, 0.25) is 0 Å². The summed E-state index contributed by atoms with van der Waals surface area (Å²) in [6, 6.07) is 11.2. The van der Waals surface area contributed by atoms with E-state index >= 15 is 0 Å². The summed E-state index contributed by atoms with van der Waals surface area (Å²) in [6.07, 6.45) is 0. The first-order valence-corrected chi connectivity index (χ1v) is 6.94. The van der Waals surface area contributed by atoms with E-state index in [0.717, 1.165) is 11.1 Å². The number of benzene rings is 2. The molecule has 112 valence electrons. The van der Waals surface area contributed by atoms with Crippen molar-refractivity contribution in [2.45, 2.75) is 33.0 Å². The van der Waals surface area contributed by atoms with Crippen LogP contribution < -0.4 is 10.1 Å². The molecule has 0 bridgehead atoms. The van der Waals surface area contributed by atoms with Crippen molar-refractivity contribution in [3.05, 3.63) is 65.2 Å². The highest BCUT2D eigenvalue weighted by atomic mass is 19.1. The fourth-order valence-corrected chi connectivity index (χ4v) is 1.90. The van der Waals surface area contributed by atoms with Gasteiger partial charge in [0.05, 0.1) is 0 Å². The smallest absolute Gasteiger partial charge is 0.165 e. The number of para-hydroxylation sites is 1. The van der Waals surface area contributed by atoms with Crippen LogP contribution in [0, 0.1) is 11.6 Å². The van der Waals surface area contributed by atoms with Crippen LogP contribution in [0.4, 0.5) is 8.78 Å². The van der Waals surface area contributed by atoms with Gasteiger partial charge in [-0.05, 0) is 23.8 Å². The van der Waals surface area contributed by atoms with E-state index in [2.05, 4.69) is 5.32 Å². The summed E-state index contributed by atoms with van der Waals surface area (Å²) in [5, 5.41) is 3.24. The predicted octanol–water partition coefficient (Wildman–Crippen LogP) is 4.04. The van der Waals surface area contributed by atoms with Crippen molar-refractivity contribution in [2.75, 3.05) is 0 Å². The second kappa shape index (κ2) is 7.18. The van der Waals surface area contributed by atoms with Crippen LogP contribution in [-0.4, -0.2) is 6.04 Å². The van der Waals surface area contributed by atoms with Gasteiger partial charge >= 0.3 is 0 Å². The summed E-state index contributed by atoms with van der Waals surface area (Å²) in [5.41, 5.74) is 1.56. The lowest BCUT2D eigenvalue weighted by molar-refractivity contribution is 0.285. The Morgan fingerprint density at radius 2 is 1.76 bits per heavy atom. The van der Waals surface area contributed by atoms with Crippen molar-refractivity contribution in [1.82, 2.24) is 5.32 Å². The van der Waals surface area contributed by atoms with E-state index < -0.39 is 0 Å². The maximum Gasteiger partial charge on any atom is 0.165 e. The number of hydrogen-bond acceptors (Lipinski definition) is 2. The molecule has 0 atom stereocenters. The van der Waals surface area contributed by atoms with Gasteiger partial charge in [-0.15, -0.1) is 0 Å². The topological polar surface area (TPSA) is 21.3 Å². The van der Waals surface area contributed by atoms with Crippen molar-refractivity contribution >= 4 is 0 Å². The number of nitrogens with one attached hydrogen (secondary N) is 1. The highest BCUT2D eigenvalue weighted by Crippen LogP contribution is 2.24. The quantitative estimate of drug-likeness (QED) is 0.867. The molecule has 0 heterocycles. The van der Waals surface area contributed by atoms with Crippen LogP contribution in [0.15, 0.2) is 42.5 Å². The first-order chi connectivity index (χ1) is 10.1.